The lowest BCUT2D eigenvalue weighted by Gasteiger charge is -2.36. The van der Waals surface area contributed by atoms with Crippen molar-refractivity contribution in [2.75, 3.05) is 13.1 Å². The molecule has 0 saturated heterocycles. The van der Waals surface area contributed by atoms with Gasteiger partial charge in [-0.25, -0.2) is 4.79 Å². The van der Waals surface area contributed by atoms with Gasteiger partial charge in [0.2, 0.25) is 0 Å². The molecule has 0 aromatic heterocycles. The molecule has 0 aromatic carbocycles. The highest BCUT2D eigenvalue weighted by Gasteiger charge is 2.39. The predicted molar refractivity (Wildman–Crippen MR) is 81.0 cm³/mol. The van der Waals surface area contributed by atoms with Crippen molar-refractivity contribution in [2.24, 2.45) is 17.8 Å². The first-order chi connectivity index (χ1) is 9.77. The smallest absolute Gasteiger partial charge is 0.317 e. The maximum atomic E-state index is 12.4. The first-order valence-electron chi connectivity index (χ1n) is 8.04. The molecule has 3 atom stereocenters. The minimum Gasteiger partial charge on any atom is -0.481 e. The van der Waals surface area contributed by atoms with Crippen LogP contribution in [0.15, 0.2) is 0 Å². The Balaban J connectivity index is 1.84. The fourth-order valence-corrected chi connectivity index (χ4v) is 3.89. The van der Waals surface area contributed by atoms with Crippen molar-refractivity contribution in [2.45, 2.75) is 58.4 Å². The molecule has 5 nitrogen and oxygen atoms in total. The molecule has 2 bridgehead atoms. The average Bonchev–Trinajstić information content (AvgIpc) is 2.96. The summed E-state index contributed by atoms with van der Waals surface area (Å²) in [6.45, 7) is 6.80. The van der Waals surface area contributed by atoms with Crippen LogP contribution in [-0.2, 0) is 4.79 Å². The summed E-state index contributed by atoms with van der Waals surface area (Å²) < 4.78 is 0. The largest absolute Gasteiger partial charge is 0.481 e. The van der Waals surface area contributed by atoms with E-state index in [9.17, 15) is 9.59 Å². The molecule has 3 unspecified atom stereocenters. The van der Waals surface area contributed by atoms with E-state index in [-0.39, 0.29) is 24.5 Å². The highest BCUT2D eigenvalue weighted by molar-refractivity contribution is 5.76. The number of aliphatic carboxylic acids is 1. The van der Waals surface area contributed by atoms with Crippen molar-refractivity contribution in [1.29, 1.82) is 0 Å². The number of nitrogens with one attached hydrogen (secondary N) is 1. The Labute approximate surface area is 127 Å². The number of hydrogen-bond donors (Lipinski definition) is 2. The number of carboxylic acids is 1. The molecular weight excluding hydrogens is 268 g/mol. The lowest BCUT2D eigenvalue weighted by atomic mass is 9.89. The van der Waals surface area contributed by atoms with Crippen LogP contribution in [0.1, 0.15) is 52.9 Å². The number of carbonyl (C=O) groups excluding carboxylic acids is 1. The second kappa shape index (κ2) is 6.24. The Morgan fingerprint density at radius 1 is 1.24 bits per heavy atom. The van der Waals surface area contributed by atoms with Gasteiger partial charge in [0.1, 0.15) is 0 Å². The van der Waals surface area contributed by atoms with Crippen molar-refractivity contribution in [3.8, 4) is 0 Å². The van der Waals surface area contributed by atoms with Gasteiger partial charge in [-0.1, -0.05) is 6.42 Å². The number of fused-ring (bicyclic) bond motifs is 2. The first-order valence-corrected chi connectivity index (χ1v) is 8.04. The van der Waals surface area contributed by atoms with Gasteiger partial charge in [-0.2, -0.15) is 0 Å². The molecular formula is C16H28N2O3. The van der Waals surface area contributed by atoms with Crippen molar-refractivity contribution in [1.82, 2.24) is 10.2 Å². The van der Waals surface area contributed by atoms with Crippen LogP contribution in [0.2, 0.25) is 0 Å². The summed E-state index contributed by atoms with van der Waals surface area (Å²) in [5, 5.41) is 11.9. The van der Waals surface area contributed by atoms with E-state index in [4.69, 9.17) is 5.11 Å². The summed E-state index contributed by atoms with van der Waals surface area (Å²) in [7, 11) is 0. The molecule has 2 N–H and O–H groups in total. The molecule has 0 radical (unpaired) electrons. The van der Waals surface area contributed by atoms with Gasteiger partial charge < -0.3 is 15.3 Å². The summed E-state index contributed by atoms with van der Waals surface area (Å²) in [5.41, 5.74) is -0.367. The second-order valence-corrected chi connectivity index (χ2v) is 7.59. The normalized spacial score (nSPS) is 27.7. The monoisotopic (exact) mass is 296 g/mol. The Morgan fingerprint density at radius 3 is 2.43 bits per heavy atom. The van der Waals surface area contributed by atoms with Crippen molar-refractivity contribution >= 4 is 12.0 Å². The summed E-state index contributed by atoms with van der Waals surface area (Å²) in [6, 6.07) is -0.133. The zero-order valence-electron chi connectivity index (χ0n) is 13.4. The molecule has 5 heteroatoms. The van der Waals surface area contributed by atoms with Crippen LogP contribution in [0.4, 0.5) is 4.79 Å². The van der Waals surface area contributed by atoms with E-state index in [1.165, 1.54) is 25.7 Å². The number of rotatable bonds is 5. The Kier molecular flexibility index (Phi) is 4.79. The lowest BCUT2D eigenvalue weighted by molar-refractivity contribution is -0.137. The zero-order valence-corrected chi connectivity index (χ0v) is 13.4. The topological polar surface area (TPSA) is 69.6 Å². The summed E-state index contributed by atoms with van der Waals surface area (Å²) >= 11 is 0. The molecule has 2 aliphatic carbocycles. The summed E-state index contributed by atoms with van der Waals surface area (Å²) in [5.74, 6) is 1.42. The van der Waals surface area contributed by atoms with Gasteiger partial charge in [0.15, 0.2) is 0 Å². The van der Waals surface area contributed by atoms with Crippen LogP contribution in [0.3, 0.4) is 0 Å². The van der Waals surface area contributed by atoms with E-state index >= 15 is 0 Å². The van der Waals surface area contributed by atoms with E-state index in [0.717, 1.165) is 18.4 Å². The molecule has 0 aliphatic heterocycles. The highest BCUT2D eigenvalue weighted by atomic mass is 16.4. The van der Waals surface area contributed by atoms with Crippen LogP contribution in [-0.4, -0.2) is 40.6 Å². The van der Waals surface area contributed by atoms with E-state index < -0.39 is 5.97 Å². The number of carboxylic acid groups (broad SMARTS) is 1. The Morgan fingerprint density at radius 2 is 1.95 bits per heavy atom. The van der Waals surface area contributed by atoms with Gasteiger partial charge in [-0.05, 0) is 57.8 Å². The minimum atomic E-state index is -0.870. The highest BCUT2D eigenvalue weighted by Crippen LogP contribution is 2.47. The second-order valence-electron chi connectivity index (χ2n) is 7.59. The quantitative estimate of drug-likeness (QED) is 0.819. The number of urea groups is 1. The number of amides is 2. The number of nitrogens with zero attached hydrogens (tertiary/aromatic N) is 1. The maximum absolute atomic E-state index is 12.4. The molecule has 0 aromatic rings. The average molecular weight is 296 g/mol. The Bertz CT molecular complexity index is 403. The van der Waals surface area contributed by atoms with Gasteiger partial charge in [0.25, 0.3) is 0 Å². The van der Waals surface area contributed by atoms with Crippen molar-refractivity contribution in [3.05, 3.63) is 0 Å². The SMILES string of the molecule is CC(C)(C)N(CCC(=O)O)C(=O)NCC1CC2CCC1C2. The Hall–Kier alpha value is -1.26. The van der Waals surface area contributed by atoms with E-state index in [1.54, 1.807) is 4.90 Å². The van der Waals surface area contributed by atoms with Gasteiger partial charge in [-0.3, -0.25) is 4.79 Å². The minimum absolute atomic E-state index is 0.0151. The molecule has 0 spiro atoms. The molecule has 120 valence electrons. The van der Waals surface area contributed by atoms with Crippen LogP contribution >= 0.6 is 0 Å². The van der Waals surface area contributed by atoms with E-state index in [2.05, 4.69) is 5.32 Å². The van der Waals surface area contributed by atoms with Crippen LogP contribution in [0.25, 0.3) is 0 Å². The number of hydrogen-bond acceptors (Lipinski definition) is 2. The van der Waals surface area contributed by atoms with Crippen LogP contribution in [0.5, 0.6) is 0 Å². The fourth-order valence-electron chi connectivity index (χ4n) is 3.89. The predicted octanol–water partition coefficient (Wildman–Crippen LogP) is 2.71. The van der Waals surface area contributed by atoms with Crippen molar-refractivity contribution < 1.29 is 14.7 Å². The van der Waals surface area contributed by atoms with Gasteiger partial charge in [0.05, 0.1) is 6.42 Å². The van der Waals surface area contributed by atoms with E-state index in [1.807, 2.05) is 20.8 Å². The van der Waals surface area contributed by atoms with Crippen LogP contribution in [0, 0.1) is 17.8 Å². The molecule has 2 aliphatic rings. The molecule has 2 saturated carbocycles. The zero-order chi connectivity index (χ0) is 15.6. The van der Waals surface area contributed by atoms with Gasteiger partial charge in [-0.15, -0.1) is 0 Å². The first kappa shape index (κ1) is 16.1. The summed E-state index contributed by atoms with van der Waals surface area (Å²) in [6.07, 6.45) is 5.24. The third kappa shape index (κ3) is 4.11. The molecule has 2 amide bonds. The van der Waals surface area contributed by atoms with Gasteiger partial charge >= 0.3 is 12.0 Å². The molecule has 2 rings (SSSR count). The third-order valence-electron chi connectivity index (χ3n) is 5.00. The van der Waals surface area contributed by atoms with Crippen LogP contribution < -0.4 is 5.32 Å². The van der Waals surface area contributed by atoms with Crippen molar-refractivity contribution in [3.63, 3.8) is 0 Å². The van der Waals surface area contributed by atoms with E-state index in [0.29, 0.717) is 5.92 Å². The standard InChI is InChI=1S/C16H28N2O3/c1-16(2,3)18(7-6-14(19)20)15(21)17-10-13-9-11-4-5-12(13)8-11/h11-13H,4-10H2,1-3H3,(H,17,21)(H,19,20). The third-order valence-corrected chi connectivity index (χ3v) is 5.00. The molecule has 21 heavy (non-hydrogen) atoms. The maximum Gasteiger partial charge on any atom is 0.317 e. The summed E-state index contributed by atoms with van der Waals surface area (Å²) in [4.78, 5) is 24.8. The number of carbonyl (C=O) groups is 2. The lowest BCUT2D eigenvalue weighted by Crippen LogP contribution is -2.52. The fraction of sp³-hybridized carbons (Fsp3) is 0.875. The molecule has 2 fully saturated rings. The molecule has 0 heterocycles. The van der Waals surface area contributed by atoms with Gasteiger partial charge in [0, 0.05) is 18.6 Å².